The van der Waals surface area contributed by atoms with Crippen LogP contribution in [-0.2, 0) is 4.74 Å². The van der Waals surface area contributed by atoms with Crippen LogP contribution in [0, 0.1) is 0 Å². The number of aromatic nitrogens is 1. The molecule has 0 atom stereocenters. The highest BCUT2D eigenvalue weighted by Crippen LogP contribution is 2.38. The van der Waals surface area contributed by atoms with E-state index in [1.807, 2.05) is 60.7 Å². The molecule has 4 rings (SSSR count). The van der Waals surface area contributed by atoms with Crippen molar-refractivity contribution in [2.45, 2.75) is 6.92 Å². The zero-order chi connectivity index (χ0) is 19.5. The second-order valence-corrected chi connectivity index (χ2v) is 7.08. The summed E-state index contributed by atoms with van der Waals surface area (Å²) in [5, 5.41) is 4.12. The molecule has 1 N–H and O–H groups in total. The zero-order valence-electron chi connectivity index (χ0n) is 15.2. The van der Waals surface area contributed by atoms with E-state index in [1.54, 1.807) is 17.6 Å². The monoisotopic (exact) mass is 390 g/mol. The fourth-order valence-corrected chi connectivity index (χ4v) is 4.20. The molecule has 140 valence electrons. The number of benzene rings is 2. The number of thiophene rings is 1. The van der Waals surface area contributed by atoms with E-state index < -0.39 is 5.97 Å². The van der Waals surface area contributed by atoms with Crippen molar-refractivity contribution < 1.29 is 9.53 Å². The Morgan fingerprint density at radius 1 is 1.00 bits per heavy atom. The smallest absolute Gasteiger partial charge is 0.350 e. The van der Waals surface area contributed by atoms with Crippen LogP contribution in [0.15, 0.2) is 77.6 Å². The first-order valence-corrected chi connectivity index (χ1v) is 9.74. The highest BCUT2D eigenvalue weighted by Gasteiger charge is 2.22. The molecule has 0 spiro atoms. The SMILES string of the molecule is CCOC(=O)c1sc2c(ccc(=O)n2-c2ccccc2)c1Nc1ccccc1. The molecule has 0 amide bonds. The van der Waals surface area contributed by atoms with Gasteiger partial charge in [-0.25, -0.2) is 4.79 Å². The van der Waals surface area contributed by atoms with Gasteiger partial charge in [0.15, 0.2) is 0 Å². The number of para-hydroxylation sites is 2. The highest BCUT2D eigenvalue weighted by molar-refractivity contribution is 7.21. The highest BCUT2D eigenvalue weighted by atomic mass is 32.1. The lowest BCUT2D eigenvalue weighted by atomic mass is 10.2. The molecule has 2 aromatic carbocycles. The number of ether oxygens (including phenoxy) is 1. The summed E-state index contributed by atoms with van der Waals surface area (Å²) in [6.45, 7) is 2.05. The molecule has 2 aromatic heterocycles. The molecule has 6 heteroatoms. The average Bonchev–Trinajstić information content (AvgIpc) is 3.08. The van der Waals surface area contributed by atoms with Crippen molar-refractivity contribution in [3.05, 3.63) is 88.0 Å². The van der Waals surface area contributed by atoms with Crippen LogP contribution in [-0.4, -0.2) is 17.1 Å². The lowest BCUT2D eigenvalue weighted by molar-refractivity contribution is 0.0533. The number of anilines is 2. The van der Waals surface area contributed by atoms with E-state index >= 15 is 0 Å². The molecule has 0 radical (unpaired) electrons. The number of esters is 1. The van der Waals surface area contributed by atoms with Gasteiger partial charge in [0, 0.05) is 17.1 Å². The maximum absolute atomic E-state index is 12.6. The lowest BCUT2D eigenvalue weighted by Crippen LogP contribution is -2.16. The largest absolute Gasteiger partial charge is 0.462 e. The first-order chi connectivity index (χ1) is 13.7. The molecule has 0 bridgehead atoms. The van der Waals surface area contributed by atoms with E-state index in [2.05, 4.69) is 5.32 Å². The first kappa shape index (κ1) is 18.0. The summed E-state index contributed by atoms with van der Waals surface area (Å²) in [5.41, 5.74) is 2.10. The van der Waals surface area contributed by atoms with Crippen LogP contribution in [0.5, 0.6) is 0 Å². The van der Waals surface area contributed by atoms with Gasteiger partial charge in [0.1, 0.15) is 9.71 Å². The molecule has 0 aliphatic rings. The topological polar surface area (TPSA) is 60.3 Å². The van der Waals surface area contributed by atoms with Crippen LogP contribution >= 0.6 is 11.3 Å². The van der Waals surface area contributed by atoms with Crippen molar-refractivity contribution in [3.8, 4) is 5.69 Å². The summed E-state index contributed by atoms with van der Waals surface area (Å²) in [4.78, 5) is 26.4. The van der Waals surface area contributed by atoms with E-state index in [0.29, 0.717) is 15.4 Å². The molecule has 0 aliphatic heterocycles. The predicted molar refractivity (Wildman–Crippen MR) is 113 cm³/mol. The third-order valence-corrected chi connectivity index (χ3v) is 5.43. The molecular formula is C22H18N2O3S. The number of carbonyl (C=O) groups excluding carboxylic acids is 1. The number of nitrogens with zero attached hydrogens (tertiary/aromatic N) is 1. The molecule has 0 saturated heterocycles. The van der Waals surface area contributed by atoms with Crippen LogP contribution in [0.3, 0.4) is 0 Å². The minimum Gasteiger partial charge on any atom is -0.462 e. The summed E-state index contributed by atoms with van der Waals surface area (Å²) in [6.07, 6.45) is 0. The summed E-state index contributed by atoms with van der Waals surface area (Å²) in [5.74, 6) is -0.408. The van der Waals surface area contributed by atoms with Crippen molar-refractivity contribution in [3.63, 3.8) is 0 Å². The summed E-state index contributed by atoms with van der Waals surface area (Å²) < 4.78 is 6.88. The molecule has 0 aliphatic carbocycles. The number of carbonyl (C=O) groups is 1. The normalized spacial score (nSPS) is 10.8. The summed E-state index contributed by atoms with van der Waals surface area (Å²) >= 11 is 1.25. The van der Waals surface area contributed by atoms with Gasteiger partial charge in [-0.2, -0.15) is 0 Å². The standard InChI is InChI=1S/C22H18N2O3S/c1-2-27-22(26)20-19(23-15-9-5-3-6-10-15)17-13-14-18(25)24(21(17)28-20)16-11-7-4-8-12-16/h3-14,23H,2H2,1H3. The maximum atomic E-state index is 12.6. The third kappa shape index (κ3) is 3.30. The van der Waals surface area contributed by atoms with E-state index in [1.165, 1.54) is 17.4 Å². The van der Waals surface area contributed by atoms with Crippen molar-refractivity contribution in [1.29, 1.82) is 0 Å². The van der Waals surface area contributed by atoms with Crippen molar-refractivity contribution in [2.75, 3.05) is 11.9 Å². The van der Waals surface area contributed by atoms with Gasteiger partial charge in [-0.05, 0) is 37.3 Å². The molecule has 28 heavy (non-hydrogen) atoms. The van der Waals surface area contributed by atoms with Crippen molar-refractivity contribution in [1.82, 2.24) is 4.57 Å². The number of nitrogens with one attached hydrogen (secondary N) is 1. The summed E-state index contributed by atoms with van der Waals surface area (Å²) in [7, 11) is 0. The first-order valence-electron chi connectivity index (χ1n) is 8.92. The Balaban J connectivity index is 1.97. The second kappa shape index (κ2) is 7.70. The van der Waals surface area contributed by atoms with E-state index in [9.17, 15) is 9.59 Å². The van der Waals surface area contributed by atoms with E-state index in [4.69, 9.17) is 4.74 Å². The number of hydrogen-bond donors (Lipinski definition) is 1. The van der Waals surface area contributed by atoms with Crippen molar-refractivity contribution >= 4 is 38.9 Å². The number of hydrogen-bond acceptors (Lipinski definition) is 5. The lowest BCUT2D eigenvalue weighted by Gasteiger charge is -2.09. The van der Waals surface area contributed by atoms with Crippen LogP contribution in [0.2, 0.25) is 0 Å². The Morgan fingerprint density at radius 3 is 2.36 bits per heavy atom. The minimum atomic E-state index is -0.408. The van der Waals surface area contributed by atoms with Gasteiger partial charge in [-0.1, -0.05) is 36.4 Å². The molecule has 0 saturated carbocycles. The molecule has 2 heterocycles. The predicted octanol–water partition coefficient (Wildman–Crippen LogP) is 4.97. The Kier molecular flexibility index (Phi) is 4.95. The quantitative estimate of drug-likeness (QED) is 0.489. The minimum absolute atomic E-state index is 0.151. The molecular weight excluding hydrogens is 372 g/mol. The van der Waals surface area contributed by atoms with E-state index in [0.717, 1.165) is 16.8 Å². The van der Waals surface area contributed by atoms with Gasteiger partial charge in [-0.15, -0.1) is 11.3 Å². The van der Waals surface area contributed by atoms with Gasteiger partial charge in [-0.3, -0.25) is 9.36 Å². The zero-order valence-corrected chi connectivity index (χ0v) is 16.0. The Labute approximate surface area is 165 Å². The Hall–Kier alpha value is -3.38. The van der Waals surface area contributed by atoms with Gasteiger partial charge >= 0.3 is 5.97 Å². The van der Waals surface area contributed by atoms with Crippen LogP contribution in [0.1, 0.15) is 16.6 Å². The third-order valence-electron chi connectivity index (χ3n) is 4.26. The van der Waals surface area contributed by atoms with Crippen molar-refractivity contribution in [2.24, 2.45) is 0 Å². The molecule has 4 aromatic rings. The Morgan fingerprint density at radius 2 is 1.68 bits per heavy atom. The van der Waals surface area contributed by atoms with Crippen LogP contribution in [0.25, 0.3) is 15.9 Å². The van der Waals surface area contributed by atoms with Crippen LogP contribution < -0.4 is 10.9 Å². The molecule has 5 nitrogen and oxygen atoms in total. The second-order valence-electron chi connectivity index (χ2n) is 6.08. The van der Waals surface area contributed by atoms with Gasteiger partial charge in [0.25, 0.3) is 5.56 Å². The number of pyridine rings is 1. The maximum Gasteiger partial charge on any atom is 0.350 e. The van der Waals surface area contributed by atoms with Crippen LogP contribution in [0.4, 0.5) is 11.4 Å². The fourth-order valence-electron chi connectivity index (χ4n) is 3.03. The molecule has 0 fully saturated rings. The number of rotatable bonds is 5. The number of fused-ring (bicyclic) bond motifs is 1. The molecule has 0 unspecified atom stereocenters. The van der Waals surface area contributed by atoms with Gasteiger partial charge in [0.05, 0.1) is 18.0 Å². The van der Waals surface area contributed by atoms with Gasteiger partial charge < -0.3 is 10.1 Å². The fraction of sp³-hybridized carbons (Fsp3) is 0.0909. The average molecular weight is 390 g/mol. The van der Waals surface area contributed by atoms with E-state index in [-0.39, 0.29) is 12.2 Å². The Bertz CT molecular complexity index is 1180. The van der Waals surface area contributed by atoms with Gasteiger partial charge in [0.2, 0.25) is 0 Å². The summed E-state index contributed by atoms with van der Waals surface area (Å²) in [6, 6.07) is 22.3.